The molecule has 0 fully saturated rings. The van der Waals surface area contributed by atoms with E-state index in [2.05, 4.69) is 0 Å². The van der Waals surface area contributed by atoms with Crippen LogP contribution < -0.4 is 0 Å². The Labute approximate surface area is 55.0 Å². The maximum atomic E-state index is 8.36. The first-order valence-corrected chi connectivity index (χ1v) is 0.565. The minimum atomic E-state index is -1.50. The van der Waals surface area contributed by atoms with Crippen LogP contribution in [0.25, 0.3) is 0 Å². The second-order valence-electron chi connectivity index (χ2n) is 0.238. The molecule has 0 amide bonds. The van der Waals surface area contributed by atoms with Gasteiger partial charge in [-0.25, -0.2) is 0 Å². The van der Waals surface area contributed by atoms with Gasteiger partial charge in [-0.2, -0.15) is 0 Å². The van der Waals surface area contributed by atoms with E-state index in [4.69, 9.17) is 15.3 Å². The van der Waals surface area contributed by atoms with Crippen LogP contribution in [-0.2, 0) is 34.1 Å². The Morgan fingerprint density at radius 1 is 1.67 bits per heavy atom. The van der Waals surface area contributed by atoms with Crippen LogP contribution in [0.1, 0.15) is 0 Å². The van der Waals surface area contributed by atoms with Gasteiger partial charge in [0.1, 0.15) is 0 Å². The summed E-state index contributed by atoms with van der Waals surface area (Å²) in [5.41, 5.74) is 0. The van der Waals surface area contributed by atoms with Crippen LogP contribution in [0.2, 0.25) is 0 Å². The Morgan fingerprint density at radius 3 is 1.67 bits per heavy atom. The molecule has 0 saturated carbocycles. The van der Waals surface area contributed by atoms with Crippen LogP contribution in [0.4, 0.5) is 0 Å². The van der Waals surface area contributed by atoms with Crippen molar-refractivity contribution in [3.05, 3.63) is 10.1 Å². The minimum Gasteiger partial charge on any atom is -0.328 e. The smallest absolute Gasteiger partial charge is 0.328 e. The molecule has 6 heavy (non-hydrogen) atoms. The van der Waals surface area contributed by atoms with E-state index in [1.165, 1.54) is 0 Å². The summed E-state index contributed by atoms with van der Waals surface area (Å²) in [5.74, 6) is 0. The van der Waals surface area contributed by atoms with Gasteiger partial charge in [0.2, 0.25) is 0 Å². The molecule has 0 aliphatic carbocycles. The quantitative estimate of drug-likeness (QED) is 0.316. The summed E-state index contributed by atoms with van der Waals surface area (Å²) in [6.45, 7) is 0. The zero-order chi connectivity index (χ0) is 3.58. The van der Waals surface area contributed by atoms with Gasteiger partial charge in [-0.3, -0.25) is 0 Å². The summed E-state index contributed by atoms with van der Waals surface area (Å²) in [6.07, 6.45) is 0. The van der Waals surface area contributed by atoms with E-state index in [0.717, 1.165) is 0 Å². The molecule has 4 nitrogen and oxygen atoms in total. The third-order valence-electron chi connectivity index (χ3n) is 0. The summed E-state index contributed by atoms with van der Waals surface area (Å²) < 4.78 is 0. The predicted octanol–water partition coefficient (Wildman–Crippen LogP) is -0.353. The standard InChI is InChI=1S/Cu.Fe.HNO3/c;;2-1(3)4/h;;(H,2,3,4)/q2*+2;. The fourth-order valence-electron chi connectivity index (χ4n) is 0. The van der Waals surface area contributed by atoms with Crippen molar-refractivity contribution in [3.63, 3.8) is 0 Å². The van der Waals surface area contributed by atoms with Gasteiger partial charge in [0.25, 0.3) is 5.09 Å². The van der Waals surface area contributed by atoms with Gasteiger partial charge < -0.3 is 5.21 Å². The van der Waals surface area contributed by atoms with E-state index < -0.39 is 5.09 Å². The first-order valence-electron chi connectivity index (χ1n) is 0.565. The Balaban J connectivity index is -0.0000000450. The maximum absolute atomic E-state index is 8.36. The molecule has 0 atom stereocenters. The molecule has 0 bridgehead atoms. The molecule has 39 valence electrons. The van der Waals surface area contributed by atoms with Crippen LogP contribution in [0.15, 0.2) is 0 Å². The Kier molecular flexibility index (Phi) is 24.4. The first kappa shape index (κ1) is 16.3. The SMILES string of the molecule is O=[N+]([O-])O.[Cu+2].[Fe+2]. The maximum Gasteiger partial charge on any atom is 2.00 e. The van der Waals surface area contributed by atoms with Crippen molar-refractivity contribution in [1.29, 1.82) is 0 Å². The van der Waals surface area contributed by atoms with Crippen molar-refractivity contribution in [2.75, 3.05) is 0 Å². The zero-order valence-electron chi connectivity index (χ0n) is 2.37. The second kappa shape index (κ2) is 8.97. The van der Waals surface area contributed by atoms with Crippen molar-refractivity contribution in [3.8, 4) is 0 Å². The Morgan fingerprint density at radius 2 is 1.67 bits per heavy atom. The second-order valence-corrected chi connectivity index (χ2v) is 0.238. The van der Waals surface area contributed by atoms with E-state index in [0.29, 0.717) is 0 Å². The Hall–Kier alpha value is 0.239. The molecule has 0 saturated heterocycles. The van der Waals surface area contributed by atoms with Gasteiger partial charge >= 0.3 is 34.1 Å². The molecule has 6 heteroatoms. The van der Waals surface area contributed by atoms with Gasteiger partial charge in [-0.15, -0.1) is 10.1 Å². The third-order valence-corrected chi connectivity index (χ3v) is 0. The first-order chi connectivity index (χ1) is 1.73. The van der Waals surface area contributed by atoms with Crippen LogP contribution >= 0.6 is 0 Å². The number of nitrogens with zero attached hydrogens (tertiary/aromatic N) is 1. The van der Waals surface area contributed by atoms with E-state index in [9.17, 15) is 0 Å². The summed E-state index contributed by atoms with van der Waals surface area (Å²) >= 11 is 0. The molecular weight excluding hydrogens is 181 g/mol. The molecule has 0 spiro atoms. The Bertz CT molecular complexity index is 33.8. The molecule has 0 unspecified atom stereocenters. The van der Waals surface area contributed by atoms with Gasteiger partial charge in [0.15, 0.2) is 0 Å². The summed E-state index contributed by atoms with van der Waals surface area (Å²) in [4.78, 5) is 8.36. The van der Waals surface area contributed by atoms with Crippen LogP contribution in [-0.4, -0.2) is 10.3 Å². The molecule has 1 N–H and O–H groups in total. The van der Waals surface area contributed by atoms with E-state index in [-0.39, 0.29) is 34.1 Å². The van der Waals surface area contributed by atoms with E-state index >= 15 is 0 Å². The van der Waals surface area contributed by atoms with Crippen LogP contribution in [0.3, 0.4) is 0 Å². The van der Waals surface area contributed by atoms with Crippen molar-refractivity contribution >= 4 is 0 Å². The third kappa shape index (κ3) is 779. The van der Waals surface area contributed by atoms with Gasteiger partial charge in [0, 0.05) is 0 Å². The molecule has 0 heterocycles. The van der Waals surface area contributed by atoms with Crippen LogP contribution in [0.5, 0.6) is 0 Å². The minimum absolute atomic E-state index is 0. The average molecular weight is 182 g/mol. The van der Waals surface area contributed by atoms with Gasteiger partial charge in [-0.05, 0) is 0 Å². The van der Waals surface area contributed by atoms with Crippen molar-refractivity contribution in [2.45, 2.75) is 0 Å². The van der Waals surface area contributed by atoms with E-state index in [1.54, 1.807) is 0 Å². The van der Waals surface area contributed by atoms with Gasteiger partial charge in [-0.1, -0.05) is 0 Å². The van der Waals surface area contributed by atoms with Crippen molar-refractivity contribution in [1.82, 2.24) is 0 Å². The summed E-state index contributed by atoms with van der Waals surface area (Å²) in [6, 6.07) is 0. The normalized spacial score (nSPS) is 4.00. The summed E-state index contributed by atoms with van der Waals surface area (Å²) in [5, 5.41) is 13.6. The molecule has 0 rings (SSSR count). The molecule has 0 aromatic rings. The zero-order valence-corrected chi connectivity index (χ0v) is 4.41. The molecule has 1 radical (unpaired) electrons. The van der Waals surface area contributed by atoms with Crippen molar-refractivity contribution < 1.29 is 44.4 Å². The topological polar surface area (TPSA) is 63.4 Å². The molecular formula is HCuFeNO3+4. The largest absolute Gasteiger partial charge is 2.00 e. The number of rotatable bonds is 0. The fraction of sp³-hybridized carbons (Fsp3) is 0. The number of hydrogen-bond donors (Lipinski definition) is 1. The summed E-state index contributed by atoms with van der Waals surface area (Å²) in [7, 11) is 0. The average Bonchev–Trinajstić information content (AvgIpc) is 0.811. The molecule has 0 aliphatic heterocycles. The van der Waals surface area contributed by atoms with Crippen molar-refractivity contribution in [2.24, 2.45) is 0 Å². The molecule has 0 aromatic heterocycles. The monoisotopic (exact) mass is 182 g/mol. The molecule has 0 aromatic carbocycles. The van der Waals surface area contributed by atoms with Gasteiger partial charge in [0.05, 0.1) is 0 Å². The predicted molar refractivity (Wildman–Crippen MR) is 8.78 cm³/mol. The molecule has 0 aliphatic rings. The van der Waals surface area contributed by atoms with Crippen LogP contribution in [0, 0.1) is 10.1 Å². The fourth-order valence-corrected chi connectivity index (χ4v) is 0. The number of hydrogen-bond acceptors (Lipinski definition) is 2. The van der Waals surface area contributed by atoms with E-state index in [1.807, 2.05) is 0 Å².